The third-order valence-electron chi connectivity index (χ3n) is 5.97. The molecule has 2 aliphatic heterocycles. The zero-order valence-corrected chi connectivity index (χ0v) is 12.9. The summed E-state index contributed by atoms with van der Waals surface area (Å²) < 4.78 is 6.03. The van der Waals surface area contributed by atoms with Crippen molar-refractivity contribution < 1.29 is 4.74 Å². The van der Waals surface area contributed by atoms with Crippen LogP contribution < -0.4 is 5.73 Å². The molecule has 4 rings (SSSR count). The smallest absolute Gasteiger partial charge is 0.0707 e. The molecular weight excluding hydrogens is 260 g/mol. The van der Waals surface area contributed by atoms with Crippen LogP contribution in [0.4, 0.5) is 0 Å². The van der Waals surface area contributed by atoms with Gasteiger partial charge in [-0.2, -0.15) is 0 Å². The number of morpholine rings is 1. The topological polar surface area (TPSA) is 38.5 Å². The van der Waals surface area contributed by atoms with Crippen LogP contribution in [0.5, 0.6) is 0 Å². The first-order valence-corrected chi connectivity index (χ1v) is 8.43. The van der Waals surface area contributed by atoms with E-state index in [0.717, 1.165) is 19.6 Å². The maximum Gasteiger partial charge on any atom is 0.0707 e. The molecule has 2 fully saturated rings. The summed E-state index contributed by atoms with van der Waals surface area (Å²) in [6, 6.07) is 8.97. The van der Waals surface area contributed by atoms with Crippen molar-refractivity contribution in [3.05, 3.63) is 35.4 Å². The number of nitrogens with two attached hydrogens (primary N) is 1. The minimum absolute atomic E-state index is 0.0354. The third-order valence-corrected chi connectivity index (χ3v) is 5.97. The lowest BCUT2D eigenvalue weighted by Gasteiger charge is -2.51. The predicted octanol–water partition coefficient (Wildman–Crippen LogP) is 2.60. The Balaban J connectivity index is 1.75. The Kier molecular flexibility index (Phi) is 3.32. The van der Waals surface area contributed by atoms with Gasteiger partial charge in [0.1, 0.15) is 0 Å². The predicted molar refractivity (Wildman–Crippen MR) is 84.3 cm³/mol. The lowest BCUT2D eigenvalue weighted by atomic mass is 9.71. The molecule has 3 aliphatic rings. The Morgan fingerprint density at radius 2 is 1.90 bits per heavy atom. The molecule has 4 unspecified atom stereocenters. The van der Waals surface area contributed by atoms with Crippen molar-refractivity contribution in [1.29, 1.82) is 0 Å². The largest absolute Gasteiger partial charge is 0.372 e. The van der Waals surface area contributed by atoms with E-state index < -0.39 is 0 Å². The molecule has 0 spiro atoms. The van der Waals surface area contributed by atoms with Crippen LogP contribution in [0.2, 0.25) is 0 Å². The molecule has 1 aromatic carbocycles. The molecule has 2 bridgehead atoms. The zero-order valence-electron chi connectivity index (χ0n) is 12.9. The molecule has 1 aliphatic carbocycles. The molecule has 114 valence electrons. The lowest BCUT2D eigenvalue weighted by molar-refractivity contribution is -0.0836. The standard InChI is InChI=1S/C18H26N2O/c1-13-8-9-18(12-19,17-5-3-2-4-16(13)17)20-10-14-6-7-15(11-20)21-14/h2-5,13-15H,6-12,19H2,1H3. The average Bonchev–Trinajstić information content (AvgIpc) is 2.87. The second kappa shape index (κ2) is 5.08. The van der Waals surface area contributed by atoms with Gasteiger partial charge in [-0.3, -0.25) is 4.90 Å². The van der Waals surface area contributed by atoms with Crippen molar-refractivity contribution in [2.75, 3.05) is 19.6 Å². The molecule has 0 saturated carbocycles. The monoisotopic (exact) mass is 286 g/mol. The first-order chi connectivity index (χ1) is 10.2. The summed E-state index contributed by atoms with van der Waals surface area (Å²) in [7, 11) is 0. The molecule has 4 atom stereocenters. The van der Waals surface area contributed by atoms with Gasteiger partial charge >= 0.3 is 0 Å². The number of likely N-dealkylation sites (tertiary alicyclic amines) is 1. The van der Waals surface area contributed by atoms with E-state index in [9.17, 15) is 0 Å². The van der Waals surface area contributed by atoms with Crippen LogP contribution in [0, 0.1) is 0 Å². The molecule has 3 heteroatoms. The van der Waals surface area contributed by atoms with E-state index in [1.807, 2.05) is 0 Å². The van der Waals surface area contributed by atoms with Crippen molar-refractivity contribution in [3.8, 4) is 0 Å². The van der Waals surface area contributed by atoms with E-state index in [2.05, 4.69) is 36.1 Å². The van der Waals surface area contributed by atoms with Gasteiger partial charge < -0.3 is 10.5 Å². The van der Waals surface area contributed by atoms with Crippen LogP contribution in [0.25, 0.3) is 0 Å². The van der Waals surface area contributed by atoms with Gasteiger partial charge in [0.25, 0.3) is 0 Å². The Morgan fingerprint density at radius 1 is 1.19 bits per heavy atom. The molecule has 1 aromatic rings. The Hall–Kier alpha value is -0.900. The first kappa shape index (κ1) is 13.7. The average molecular weight is 286 g/mol. The molecule has 0 aromatic heterocycles. The summed E-state index contributed by atoms with van der Waals surface area (Å²) in [5.41, 5.74) is 9.38. The van der Waals surface area contributed by atoms with E-state index in [-0.39, 0.29) is 5.54 Å². The van der Waals surface area contributed by atoms with Crippen molar-refractivity contribution in [2.45, 2.75) is 56.3 Å². The highest BCUT2D eigenvalue weighted by Gasteiger charge is 2.47. The third kappa shape index (κ3) is 2.06. The van der Waals surface area contributed by atoms with Gasteiger partial charge in [0, 0.05) is 19.6 Å². The zero-order chi connectivity index (χ0) is 14.4. The normalized spacial score (nSPS) is 39.2. The molecule has 2 saturated heterocycles. The minimum atomic E-state index is 0.0354. The summed E-state index contributed by atoms with van der Waals surface area (Å²) >= 11 is 0. The van der Waals surface area contributed by atoms with Gasteiger partial charge in [0.2, 0.25) is 0 Å². The van der Waals surface area contributed by atoms with Crippen LogP contribution in [0.3, 0.4) is 0 Å². The number of hydrogen-bond donors (Lipinski definition) is 1. The summed E-state index contributed by atoms with van der Waals surface area (Å²) in [4.78, 5) is 2.66. The van der Waals surface area contributed by atoms with E-state index in [1.165, 1.54) is 36.8 Å². The molecule has 21 heavy (non-hydrogen) atoms. The molecule has 3 nitrogen and oxygen atoms in total. The summed E-state index contributed by atoms with van der Waals surface area (Å²) in [6.07, 6.45) is 5.72. The number of rotatable bonds is 2. The Labute approximate surface area is 127 Å². The summed E-state index contributed by atoms with van der Waals surface area (Å²) in [5.74, 6) is 0.652. The fourth-order valence-corrected chi connectivity index (χ4v) is 4.73. The van der Waals surface area contributed by atoms with Crippen molar-refractivity contribution in [1.82, 2.24) is 4.90 Å². The SMILES string of the molecule is CC1CCC(CN)(N2CC3CCC(C2)O3)c2ccccc21. The van der Waals surface area contributed by atoms with Gasteiger partial charge in [-0.25, -0.2) is 0 Å². The summed E-state index contributed by atoms with van der Waals surface area (Å²) in [6.45, 7) is 5.17. The lowest BCUT2D eigenvalue weighted by Crippen LogP contribution is -2.58. The fourth-order valence-electron chi connectivity index (χ4n) is 4.73. The second-order valence-corrected chi connectivity index (χ2v) is 7.13. The van der Waals surface area contributed by atoms with Gasteiger partial charge in [0.05, 0.1) is 17.7 Å². The van der Waals surface area contributed by atoms with Gasteiger partial charge in [-0.05, 0) is 42.7 Å². The van der Waals surface area contributed by atoms with Crippen LogP contribution in [-0.2, 0) is 10.3 Å². The van der Waals surface area contributed by atoms with Gasteiger partial charge in [-0.15, -0.1) is 0 Å². The van der Waals surface area contributed by atoms with Crippen LogP contribution in [0.15, 0.2) is 24.3 Å². The van der Waals surface area contributed by atoms with Gasteiger partial charge in [-0.1, -0.05) is 31.2 Å². The molecular formula is C18H26N2O. The minimum Gasteiger partial charge on any atom is -0.372 e. The number of ether oxygens (including phenoxy) is 1. The van der Waals surface area contributed by atoms with Crippen molar-refractivity contribution in [3.63, 3.8) is 0 Å². The van der Waals surface area contributed by atoms with Crippen LogP contribution in [0.1, 0.15) is 49.7 Å². The molecule has 2 heterocycles. The van der Waals surface area contributed by atoms with Crippen LogP contribution >= 0.6 is 0 Å². The van der Waals surface area contributed by atoms with E-state index in [1.54, 1.807) is 0 Å². The highest BCUT2D eigenvalue weighted by Crippen LogP contribution is 2.46. The van der Waals surface area contributed by atoms with E-state index >= 15 is 0 Å². The van der Waals surface area contributed by atoms with E-state index in [4.69, 9.17) is 10.5 Å². The first-order valence-electron chi connectivity index (χ1n) is 8.43. The number of benzene rings is 1. The molecule has 0 radical (unpaired) electrons. The number of nitrogens with zero attached hydrogens (tertiary/aromatic N) is 1. The number of hydrogen-bond acceptors (Lipinski definition) is 3. The quantitative estimate of drug-likeness (QED) is 0.908. The highest BCUT2D eigenvalue weighted by molar-refractivity contribution is 5.39. The second-order valence-electron chi connectivity index (χ2n) is 7.13. The maximum atomic E-state index is 6.36. The van der Waals surface area contributed by atoms with Crippen molar-refractivity contribution in [2.24, 2.45) is 5.73 Å². The highest BCUT2D eigenvalue weighted by atomic mass is 16.5. The molecule has 0 amide bonds. The van der Waals surface area contributed by atoms with Crippen molar-refractivity contribution >= 4 is 0 Å². The van der Waals surface area contributed by atoms with Crippen LogP contribution in [-0.4, -0.2) is 36.7 Å². The van der Waals surface area contributed by atoms with E-state index in [0.29, 0.717) is 18.1 Å². The maximum absolute atomic E-state index is 6.36. The summed E-state index contributed by atoms with van der Waals surface area (Å²) in [5, 5.41) is 0. The van der Waals surface area contributed by atoms with Gasteiger partial charge in [0.15, 0.2) is 0 Å². The Morgan fingerprint density at radius 3 is 2.62 bits per heavy atom. The fraction of sp³-hybridized carbons (Fsp3) is 0.667. The Bertz CT molecular complexity index is 520. The number of fused-ring (bicyclic) bond motifs is 3. The molecule has 2 N–H and O–H groups in total.